The highest BCUT2D eigenvalue weighted by molar-refractivity contribution is 5.97. The third kappa shape index (κ3) is 4.75. The van der Waals surface area contributed by atoms with Crippen LogP contribution in [0.4, 0.5) is 19.0 Å². The van der Waals surface area contributed by atoms with Crippen molar-refractivity contribution in [2.75, 3.05) is 38.1 Å². The Bertz CT molecular complexity index is 1120. The van der Waals surface area contributed by atoms with Crippen molar-refractivity contribution < 1.29 is 22.7 Å². The molecule has 0 radical (unpaired) electrons. The first kappa shape index (κ1) is 24.8. The van der Waals surface area contributed by atoms with E-state index in [0.29, 0.717) is 11.6 Å². The Kier molecular flexibility index (Phi) is 6.34. The van der Waals surface area contributed by atoms with E-state index in [-0.39, 0.29) is 22.8 Å². The highest BCUT2D eigenvalue weighted by Gasteiger charge is 2.50. The van der Waals surface area contributed by atoms with Gasteiger partial charge < -0.3 is 19.4 Å². The summed E-state index contributed by atoms with van der Waals surface area (Å²) in [6.07, 6.45) is 4.45. The minimum Gasteiger partial charge on any atom is -0.451 e. The van der Waals surface area contributed by atoms with E-state index in [1.54, 1.807) is 13.8 Å². The minimum atomic E-state index is -2.78. The Labute approximate surface area is 209 Å². The number of rotatable bonds is 6. The molecular formula is C26H32F3N5O2. The Morgan fingerprint density at radius 2 is 1.86 bits per heavy atom. The molecule has 3 aliphatic rings. The predicted molar refractivity (Wildman–Crippen MR) is 129 cm³/mol. The number of alkyl halides is 2. The van der Waals surface area contributed by atoms with Gasteiger partial charge in [0.1, 0.15) is 17.9 Å². The Morgan fingerprint density at radius 1 is 1.17 bits per heavy atom. The SMILES string of the molecule is CC(C)N(C(=O)c1cc(F)ccc1Oc1cncnc1N1CC2(CCN(C)CC2)C1)C1CC(F)(F)C1. The molecule has 1 saturated carbocycles. The lowest BCUT2D eigenvalue weighted by atomic mass is 9.72. The van der Waals surface area contributed by atoms with Crippen LogP contribution in [0.3, 0.4) is 0 Å². The van der Waals surface area contributed by atoms with Gasteiger partial charge in [0.05, 0.1) is 11.8 Å². The first-order valence-electron chi connectivity index (χ1n) is 12.5. The van der Waals surface area contributed by atoms with E-state index in [1.807, 2.05) is 0 Å². The summed E-state index contributed by atoms with van der Waals surface area (Å²) in [7, 11) is 2.14. The number of likely N-dealkylation sites (tertiary alicyclic amines) is 1. The lowest BCUT2D eigenvalue weighted by molar-refractivity contribution is -0.120. The molecule has 3 heterocycles. The van der Waals surface area contributed by atoms with Gasteiger partial charge in [-0.1, -0.05) is 0 Å². The Hall–Kier alpha value is -2.88. The zero-order chi connectivity index (χ0) is 25.7. The van der Waals surface area contributed by atoms with Crippen LogP contribution < -0.4 is 9.64 Å². The number of ether oxygens (including phenoxy) is 1. The average Bonchev–Trinajstić information content (AvgIpc) is 2.78. The number of hydrogen-bond acceptors (Lipinski definition) is 6. The maximum atomic E-state index is 14.2. The normalized spacial score (nSPS) is 21.2. The molecule has 5 rings (SSSR count). The van der Waals surface area contributed by atoms with Gasteiger partial charge in [-0.05, 0) is 65.0 Å². The average molecular weight is 504 g/mol. The van der Waals surface area contributed by atoms with Gasteiger partial charge >= 0.3 is 0 Å². The van der Waals surface area contributed by atoms with E-state index in [2.05, 4.69) is 26.8 Å². The van der Waals surface area contributed by atoms with Gasteiger partial charge in [-0.15, -0.1) is 0 Å². The summed E-state index contributed by atoms with van der Waals surface area (Å²) in [5.74, 6) is -2.79. The molecule has 10 heteroatoms. The van der Waals surface area contributed by atoms with Gasteiger partial charge in [0, 0.05) is 43.4 Å². The molecule has 2 aromatic rings. The van der Waals surface area contributed by atoms with Crippen molar-refractivity contribution in [3.63, 3.8) is 0 Å². The first-order chi connectivity index (χ1) is 17.1. The summed E-state index contributed by atoms with van der Waals surface area (Å²) in [6.45, 7) is 7.39. The molecule has 2 aliphatic heterocycles. The summed E-state index contributed by atoms with van der Waals surface area (Å²) in [6, 6.07) is 2.76. The van der Waals surface area contributed by atoms with Crippen LogP contribution in [0.25, 0.3) is 0 Å². The topological polar surface area (TPSA) is 61.8 Å². The van der Waals surface area contributed by atoms with Crippen molar-refractivity contribution in [2.24, 2.45) is 5.41 Å². The fourth-order valence-electron chi connectivity index (χ4n) is 5.61. The van der Waals surface area contributed by atoms with Gasteiger partial charge in [0.25, 0.3) is 11.8 Å². The molecule has 1 aromatic heterocycles. The fourth-order valence-corrected chi connectivity index (χ4v) is 5.61. The quantitative estimate of drug-likeness (QED) is 0.575. The van der Waals surface area contributed by atoms with Crippen molar-refractivity contribution in [1.82, 2.24) is 19.8 Å². The zero-order valence-electron chi connectivity index (χ0n) is 20.9. The van der Waals surface area contributed by atoms with E-state index in [9.17, 15) is 18.0 Å². The largest absolute Gasteiger partial charge is 0.451 e. The van der Waals surface area contributed by atoms with Crippen LogP contribution >= 0.6 is 0 Å². The number of aromatic nitrogens is 2. The molecule has 36 heavy (non-hydrogen) atoms. The van der Waals surface area contributed by atoms with Crippen molar-refractivity contribution in [1.29, 1.82) is 0 Å². The zero-order valence-corrected chi connectivity index (χ0v) is 20.9. The second kappa shape index (κ2) is 9.21. The molecule has 3 fully saturated rings. The third-order valence-electron chi connectivity index (χ3n) is 7.70. The molecule has 7 nitrogen and oxygen atoms in total. The molecular weight excluding hydrogens is 471 g/mol. The van der Waals surface area contributed by atoms with E-state index in [0.717, 1.165) is 45.1 Å². The summed E-state index contributed by atoms with van der Waals surface area (Å²) in [4.78, 5) is 27.9. The van der Waals surface area contributed by atoms with Crippen LogP contribution in [0, 0.1) is 11.2 Å². The lowest BCUT2D eigenvalue weighted by Gasteiger charge is -2.54. The summed E-state index contributed by atoms with van der Waals surface area (Å²) >= 11 is 0. The number of benzene rings is 1. The number of carbonyl (C=O) groups excluding carboxylic acids is 1. The third-order valence-corrected chi connectivity index (χ3v) is 7.70. The minimum absolute atomic E-state index is 0.0101. The summed E-state index contributed by atoms with van der Waals surface area (Å²) in [5, 5.41) is 0. The molecule has 1 aliphatic carbocycles. The van der Waals surface area contributed by atoms with Crippen LogP contribution in [0.15, 0.2) is 30.7 Å². The highest BCUT2D eigenvalue weighted by atomic mass is 19.3. The van der Waals surface area contributed by atoms with Crippen LogP contribution in [0.2, 0.25) is 0 Å². The second-order valence-electron chi connectivity index (χ2n) is 10.8. The van der Waals surface area contributed by atoms with Crippen molar-refractivity contribution in [3.8, 4) is 11.5 Å². The summed E-state index contributed by atoms with van der Waals surface area (Å²) < 4.78 is 47.5. The summed E-state index contributed by atoms with van der Waals surface area (Å²) in [5.41, 5.74) is 0.262. The lowest BCUT2D eigenvalue weighted by Crippen LogP contribution is -2.60. The number of halogens is 3. The molecule has 194 valence electrons. The molecule has 2 saturated heterocycles. The fraction of sp³-hybridized carbons (Fsp3) is 0.577. The maximum Gasteiger partial charge on any atom is 0.258 e. The number of amides is 1. The van der Waals surface area contributed by atoms with Crippen LogP contribution in [-0.4, -0.2) is 76.9 Å². The number of anilines is 1. The smallest absolute Gasteiger partial charge is 0.258 e. The molecule has 0 N–H and O–H groups in total. The molecule has 0 bridgehead atoms. The number of hydrogen-bond donors (Lipinski definition) is 0. The van der Waals surface area contributed by atoms with E-state index < -0.39 is 36.5 Å². The first-order valence-corrected chi connectivity index (χ1v) is 12.5. The Balaban J connectivity index is 1.38. The van der Waals surface area contributed by atoms with Crippen molar-refractivity contribution in [2.45, 2.75) is 57.5 Å². The standard InChI is InChI=1S/C26H32F3N5O2/c1-17(2)34(19-11-26(28,29)12-19)24(35)20-10-18(27)4-5-21(20)36-22-13-30-16-31-23(22)33-14-25(15-33)6-8-32(3)9-7-25/h4-5,10,13,16-17,19H,6-9,11-12,14-15H2,1-3H3. The number of piperidine rings is 1. The van der Waals surface area contributed by atoms with Crippen molar-refractivity contribution in [3.05, 3.63) is 42.1 Å². The number of carbonyl (C=O) groups is 1. The van der Waals surface area contributed by atoms with E-state index >= 15 is 0 Å². The second-order valence-corrected chi connectivity index (χ2v) is 10.8. The molecule has 1 aromatic carbocycles. The molecule has 0 atom stereocenters. The maximum absolute atomic E-state index is 14.2. The predicted octanol–water partition coefficient (Wildman–Crippen LogP) is 4.59. The van der Waals surface area contributed by atoms with Crippen LogP contribution in [-0.2, 0) is 0 Å². The highest BCUT2D eigenvalue weighted by Crippen LogP contribution is 2.45. The van der Waals surface area contributed by atoms with Crippen LogP contribution in [0.5, 0.6) is 11.5 Å². The molecule has 1 amide bonds. The number of nitrogens with zero attached hydrogens (tertiary/aromatic N) is 5. The van der Waals surface area contributed by atoms with Gasteiger partial charge in [0.15, 0.2) is 11.6 Å². The van der Waals surface area contributed by atoms with E-state index in [1.165, 1.54) is 29.6 Å². The van der Waals surface area contributed by atoms with Crippen LogP contribution in [0.1, 0.15) is 49.9 Å². The van der Waals surface area contributed by atoms with E-state index in [4.69, 9.17) is 4.74 Å². The van der Waals surface area contributed by atoms with Gasteiger partial charge in [-0.25, -0.2) is 23.1 Å². The monoisotopic (exact) mass is 503 g/mol. The van der Waals surface area contributed by atoms with Gasteiger partial charge in [-0.3, -0.25) is 4.79 Å². The van der Waals surface area contributed by atoms with Crippen molar-refractivity contribution >= 4 is 11.7 Å². The molecule has 0 unspecified atom stereocenters. The van der Waals surface area contributed by atoms with Gasteiger partial charge in [0.2, 0.25) is 0 Å². The molecule has 1 spiro atoms. The van der Waals surface area contributed by atoms with Gasteiger partial charge in [-0.2, -0.15) is 0 Å². The Morgan fingerprint density at radius 3 is 2.50 bits per heavy atom.